The van der Waals surface area contributed by atoms with Gasteiger partial charge in [-0.2, -0.15) is 0 Å². The molecule has 4 aromatic rings. The maximum absolute atomic E-state index is 13.1. The molecular weight excluding hydrogens is 748 g/mol. The van der Waals surface area contributed by atoms with E-state index >= 15 is 0 Å². The number of phenols is 4. The molecule has 2 fully saturated rings. The van der Waals surface area contributed by atoms with Crippen molar-refractivity contribution in [1.82, 2.24) is 0 Å². The highest BCUT2D eigenvalue weighted by Crippen LogP contribution is 2.37. The van der Waals surface area contributed by atoms with Crippen molar-refractivity contribution in [2.24, 2.45) is 0 Å². The Morgan fingerprint density at radius 1 is 0.750 bits per heavy atom. The van der Waals surface area contributed by atoms with Crippen LogP contribution < -0.4 is 14.9 Å². The van der Waals surface area contributed by atoms with Crippen LogP contribution in [0.3, 0.4) is 0 Å². The number of phenolic OH excluding ortho intramolecular Hbond substituents is 4. The van der Waals surface area contributed by atoms with Gasteiger partial charge in [0.2, 0.25) is 6.29 Å². The second-order valence-corrected chi connectivity index (χ2v) is 12.8. The van der Waals surface area contributed by atoms with E-state index in [9.17, 15) is 60.7 Å². The maximum Gasteiger partial charge on any atom is 0.331 e. The van der Waals surface area contributed by atoms with Crippen LogP contribution >= 0.6 is 0 Å². The average Bonchev–Trinajstić information content (AvgIpc) is 3.17. The number of aliphatic hydroxyl groups excluding tert-OH is 6. The quantitative estimate of drug-likeness (QED) is 0.0523. The Balaban J connectivity index is 1.30. The number of carbonyl (C=O) groups excluding carboxylic acids is 1. The molecule has 0 unspecified atom stereocenters. The topological polar surface area (TPSA) is 305 Å². The van der Waals surface area contributed by atoms with Crippen LogP contribution in [0.4, 0.5) is 0 Å². The van der Waals surface area contributed by atoms with Crippen molar-refractivity contribution in [1.29, 1.82) is 0 Å². The van der Waals surface area contributed by atoms with Crippen LogP contribution in [0.5, 0.6) is 34.5 Å². The van der Waals surface area contributed by atoms with Crippen molar-refractivity contribution in [3.05, 3.63) is 76.5 Å². The maximum atomic E-state index is 13.1. The van der Waals surface area contributed by atoms with Gasteiger partial charge in [-0.05, 0) is 42.0 Å². The summed E-state index contributed by atoms with van der Waals surface area (Å²) in [6.07, 6.45) is -15.8. The van der Waals surface area contributed by atoms with E-state index in [1.807, 2.05) is 0 Å². The highest BCUT2D eigenvalue weighted by molar-refractivity contribution is 5.87. The second-order valence-electron chi connectivity index (χ2n) is 12.8. The van der Waals surface area contributed by atoms with E-state index in [1.54, 1.807) is 0 Å². The summed E-state index contributed by atoms with van der Waals surface area (Å²) in [6.45, 7) is -1.69. The summed E-state index contributed by atoms with van der Waals surface area (Å²) >= 11 is 0. The number of aliphatic hydroxyl groups is 6. The zero-order valence-electron chi connectivity index (χ0n) is 29.2. The number of methoxy groups -OCH3 is 1. The minimum Gasteiger partial charge on any atom is -0.507 e. The molecule has 1 aromatic heterocycles. The molecule has 3 aromatic carbocycles. The lowest BCUT2D eigenvalue weighted by atomic mass is 9.97. The number of aromatic hydroxyl groups is 4. The molecule has 10 N–H and O–H groups in total. The molecule has 19 nitrogen and oxygen atoms in total. The number of carbonyl (C=O) groups is 1. The predicted molar refractivity (Wildman–Crippen MR) is 188 cm³/mol. The zero-order valence-corrected chi connectivity index (χ0v) is 29.2. The van der Waals surface area contributed by atoms with Gasteiger partial charge in [0.15, 0.2) is 46.9 Å². The van der Waals surface area contributed by atoms with Crippen molar-refractivity contribution in [3.63, 3.8) is 0 Å². The van der Waals surface area contributed by atoms with Crippen LogP contribution in [0.25, 0.3) is 28.4 Å². The number of hydrogen-bond donors (Lipinski definition) is 10. The number of fused-ring (bicyclic) bond motifs is 1. The molecule has 0 amide bonds. The molecule has 56 heavy (non-hydrogen) atoms. The highest BCUT2D eigenvalue weighted by atomic mass is 16.8. The summed E-state index contributed by atoms with van der Waals surface area (Å²) in [6, 6.07) is 11.2. The fourth-order valence-electron chi connectivity index (χ4n) is 6.14. The third kappa shape index (κ3) is 8.21. The van der Waals surface area contributed by atoms with E-state index in [2.05, 4.69) is 0 Å². The average molecular weight is 787 g/mol. The van der Waals surface area contributed by atoms with Gasteiger partial charge >= 0.3 is 5.97 Å². The van der Waals surface area contributed by atoms with Crippen LogP contribution in [0.15, 0.2) is 69.9 Å². The Kier molecular flexibility index (Phi) is 12.0. The highest BCUT2D eigenvalue weighted by Gasteiger charge is 2.53. The Hall–Kier alpha value is -5.48. The summed E-state index contributed by atoms with van der Waals surface area (Å²) in [5.41, 5.74) is -0.265. The predicted octanol–water partition coefficient (Wildman–Crippen LogP) is -0.442. The van der Waals surface area contributed by atoms with Gasteiger partial charge in [0.25, 0.3) is 0 Å². The van der Waals surface area contributed by atoms with Crippen molar-refractivity contribution in [2.45, 2.75) is 61.4 Å². The molecule has 6 rings (SSSR count). The molecule has 300 valence electrons. The van der Waals surface area contributed by atoms with Crippen molar-refractivity contribution < 1.29 is 88.7 Å². The lowest BCUT2D eigenvalue weighted by Crippen LogP contribution is -2.65. The number of benzene rings is 3. The number of ether oxygens (including phenoxy) is 6. The summed E-state index contributed by atoms with van der Waals surface area (Å²) < 4.78 is 39.6. The monoisotopic (exact) mass is 786 g/mol. The standard InChI is InChI=1S/C37H38O19/c1-50-24-9-16(4-6-19(24)41)23-12-22(44)29-21(43)10-17(11-25(29)52-23)51-36-35(33(49)31(47)26(13-38)53-36)56-37-34(32(48)30(46)27(14-39)54-37)55-28(45)7-3-15-2-5-18(40)20(42)8-15/h2-12,26-27,30-43,46-49H,13-14H2,1H3/b7-3+/t26-,27+,30+,31-,32+,33-,34+,35-,36-,37+/m0/s1. The first-order valence-electron chi connectivity index (χ1n) is 16.9. The summed E-state index contributed by atoms with van der Waals surface area (Å²) in [7, 11) is 1.33. The van der Waals surface area contributed by atoms with E-state index in [0.717, 1.165) is 24.3 Å². The fourth-order valence-corrected chi connectivity index (χ4v) is 6.14. The van der Waals surface area contributed by atoms with Gasteiger partial charge in [-0.1, -0.05) is 6.07 Å². The molecule has 0 aliphatic carbocycles. The van der Waals surface area contributed by atoms with Gasteiger partial charge in [0, 0.05) is 29.8 Å². The molecule has 0 bridgehead atoms. The molecule has 0 saturated carbocycles. The Morgan fingerprint density at radius 2 is 1.41 bits per heavy atom. The van der Waals surface area contributed by atoms with Crippen molar-refractivity contribution in [3.8, 4) is 45.8 Å². The van der Waals surface area contributed by atoms with E-state index in [4.69, 9.17) is 32.8 Å². The lowest BCUT2D eigenvalue weighted by molar-refractivity contribution is -0.358. The van der Waals surface area contributed by atoms with Crippen LogP contribution in [-0.4, -0.2) is 139 Å². The number of hydrogen-bond acceptors (Lipinski definition) is 19. The Bertz CT molecular complexity index is 2130. The van der Waals surface area contributed by atoms with E-state index in [0.29, 0.717) is 5.56 Å². The molecule has 19 heteroatoms. The largest absolute Gasteiger partial charge is 0.507 e. The Labute approximate surface area is 315 Å². The van der Waals surface area contributed by atoms with Crippen LogP contribution in [0, 0.1) is 0 Å². The van der Waals surface area contributed by atoms with E-state index in [1.165, 1.54) is 49.6 Å². The lowest BCUT2D eigenvalue weighted by Gasteiger charge is -2.46. The molecule has 3 heterocycles. The van der Waals surface area contributed by atoms with Crippen LogP contribution in [0.2, 0.25) is 0 Å². The van der Waals surface area contributed by atoms with Gasteiger partial charge in [0.1, 0.15) is 64.9 Å². The SMILES string of the molecule is COc1cc(-c2cc(=O)c3c(O)cc(O[C@H]4O[C@@H](CO)[C@H](O)[C@H](O)[C@@H]4O[C@H]4O[C@H](CO)[C@@H](O)[C@@H](O)[C@H]4OC(=O)/C=C/c4ccc(O)c(O)c4)cc3o2)ccc1O. The third-order valence-electron chi connectivity index (χ3n) is 9.10. The van der Waals surface area contributed by atoms with Gasteiger partial charge in [-0.25, -0.2) is 4.79 Å². The zero-order chi connectivity index (χ0) is 40.4. The number of esters is 1. The van der Waals surface area contributed by atoms with Crippen molar-refractivity contribution >= 4 is 23.0 Å². The Morgan fingerprint density at radius 3 is 2.07 bits per heavy atom. The van der Waals surface area contributed by atoms with Gasteiger partial charge in [-0.15, -0.1) is 0 Å². The molecule has 2 aliphatic rings. The number of rotatable bonds is 11. The second kappa shape index (κ2) is 16.7. The molecule has 2 aliphatic heterocycles. The smallest absolute Gasteiger partial charge is 0.331 e. The van der Waals surface area contributed by atoms with Gasteiger partial charge in [-0.3, -0.25) is 4.79 Å². The molecule has 10 atom stereocenters. The molecule has 2 saturated heterocycles. The minimum absolute atomic E-state index is 0.0108. The molecule has 0 radical (unpaired) electrons. The van der Waals surface area contributed by atoms with Gasteiger partial charge < -0.3 is 83.9 Å². The first-order valence-corrected chi connectivity index (χ1v) is 16.9. The summed E-state index contributed by atoms with van der Waals surface area (Å²) in [5.74, 6) is -2.93. The fraction of sp³-hybridized carbons (Fsp3) is 0.351. The van der Waals surface area contributed by atoms with E-state index < -0.39 is 103 Å². The van der Waals surface area contributed by atoms with Crippen LogP contribution in [-0.2, 0) is 23.7 Å². The first-order chi connectivity index (χ1) is 26.7. The minimum atomic E-state index is -1.96. The van der Waals surface area contributed by atoms with Crippen molar-refractivity contribution in [2.75, 3.05) is 20.3 Å². The molecular formula is C37H38O19. The van der Waals surface area contributed by atoms with Gasteiger partial charge in [0.05, 0.1) is 20.3 Å². The van der Waals surface area contributed by atoms with E-state index in [-0.39, 0.29) is 39.5 Å². The molecule has 0 spiro atoms. The normalized spacial score (nSPS) is 28.0. The summed E-state index contributed by atoms with van der Waals surface area (Å²) in [5, 5.41) is 103. The first kappa shape index (κ1) is 40.2. The van der Waals surface area contributed by atoms with Crippen LogP contribution in [0.1, 0.15) is 5.56 Å². The third-order valence-corrected chi connectivity index (χ3v) is 9.10. The summed E-state index contributed by atoms with van der Waals surface area (Å²) in [4.78, 5) is 26.0.